The van der Waals surface area contributed by atoms with E-state index in [4.69, 9.17) is 10.3 Å². The number of aromatic nitrogens is 1. The first-order valence-corrected chi connectivity index (χ1v) is 3.90. The first kappa shape index (κ1) is 8.11. The normalized spacial score (nSPS) is 10.9. The zero-order valence-electron chi connectivity index (χ0n) is 7.22. The van der Waals surface area contributed by atoms with Crippen LogP contribution in [0.3, 0.4) is 0 Å². The van der Waals surface area contributed by atoms with Crippen molar-refractivity contribution in [2.24, 2.45) is 0 Å². The number of hydrogen-bond acceptors (Lipinski definition) is 3. The lowest BCUT2D eigenvalue weighted by atomic mass is 10.1. The third kappa shape index (κ3) is 1.37. The fraction of sp³-hybridized carbons (Fsp3) is 0.625. The first-order chi connectivity index (χ1) is 5.16. The molecule has 0 aromatic carbocycles. The van der Waals surface area contributed by atoms with E-state index >= 15 is 0 Å². The lowest BCUT2D eigenvalue weighted by Crippen LogP contribution is -1.95. The number of nitrogens with zero attached hydrogens (tertiary/aromatic N) is 1. The summed E-state index contributed by atoms with van der Waals surface area (Å²) in [6.45, 7) is 6.10. The summed E-state index contributed by atoms with van der Waals surface area (Å²) in [7, 11) is 0. The van der Waals surface area contributed by atoms with Crippen molar-refractivity contribution in [2.75, 3.05) is 5.73 Å². The number of nitrogens with two attached hydrogens (primary N) is 1. The van der Waals surface area contributed by atoms with Crippen molar-refractivity contribution >= 4 is 5.69 Å². The molecule has 1 aromatic heterocycles. The van der Waals surface area contributed by atoms with Gasteiger partial charge in [-0.2, -0.15) is 0 Å². The van der Waals surface area contributed by atoms with Crippen LogP contribution < -0.4 is 5.73 Å². The highest BCUT2D eigenvalue weighted by molar-refractivity contribution is 5.47. The molecule has 0 saturated carbocycles. The van der Waals surface area contributed by atoms with Gasteiger partial charge in [-0.15, -0.1) is 0 Å². The number of aryl methyl sites for hydroxylation is 1. The minimum Gasteiger partial charge on any atom is -0.394 e. The van der Waals surface area contributed by atoms with Gasteiger partial charge >= 0.3 is 0 Å². The lowest BCUT2D eigenvalue weighted by molar-refractivity contribution is 0.378. The van der Waals surface area contributed by atoms with Crippen LogP contribution in [0.5, 0.6) is 0 Å². The third-order valence-corrected chi connectivity index (χ3v) is 1.70. The van der Waals surface area contributed by atoms with Gasteiger partial charge in [0.1, 0.15) is 5.69 Å². The van der Waals surface area contributed by atoms with E-state index < -0.39 is 0 Å². The maximum Gasteiger partial charge on any atom is 0.159 e. The van der Waals surface area contributed by atoms with Crippen molar-refractivity contribution < 1.29 is 4.52 Å². The third-order valence-electron chi connectivity index (χ3n) is 1.70. The minimum atomic E-state index is 0.346. The van der Waals surface area contributed by atoms with Gasteiger partial charge in [-0.25, -0.2) is 0 Å². The van der Waals surface area contributed by atoms with E-state index in [1.807, 2.05) is 20.8 Å². The van der Waals surface area contributed by atoms with Crippen LogP contribution in [-0.2, 0) is 6.42 Å². The Bertz CT molecular complexity index is 240. The molecular weight excluding hydrogens is 140 g/mol. The van der Waals surface area contributed by atoms with Crippen molar-refractivity contribution in [2.45, 2.75) is 33.1 Å². The second kappa shape index (κ2) is 2.95. The number of rotatable bonds is 2. The maximum atomic E-state index is 5.76. The maximum absolute atomic E-state index is 5.76. The Labute approximate surface area is 66.6 Å². The van der Waals surface area contributed by atoms with Gasteiger partial charge in [0, 0.05) is 12.3 Å². The Kier molecular flexibility index (Phi) is 2.17. The molecule has 62 valence electrons. The van der Waals surface area contributed by atoms with E-state index in [1.54, 1.807) is 0 Å². The topological polar surface area (TPSA) is 52.0 Å². The van der Waals surface area contributed by atoms with Crippen LogP contribution >= 0.6 is 0 Å². The van der Waals surface area contributed by atoms with Crippen molar-refractivity contribution in [1.29, 1.82) is 0 Å². The average molecular weight is 154 g/mol. The van der Waals surface area contributed by atoms with Crippen LogP contribution in [0.15, 0.2) is 4.52 Å². The van der Waals surface area contributed by atoms with Gasteiger partial charge in [0.05, 0.1) is 5.69 Å². The fourth-order valence-corrected chi connectivity index (χ4v) is 1.02. The molecule has 11 heavy (non-hydrogen) atoms. The minimum absolute atomic E-state index is 0.346. The molecule has 0 radical (unpaired) electrons. The van der Waals surface area contributed by atoms with Crippen molar-refractivity contribution in [3.8, 4) is 0 Å². The van der Waals surface area contributed by atoms with Crippen LogP contribution in [0.1, 0.15) is 38.1 Å². The average Bonchev–Trinajstić information content (AvgIpc) is 2.30. The summed E-state index contributed by atoms with van der Waals surface area (Å²) in [5, 5.41) is 3.89. The van der Waals surface area contributed by atoms with Crippen molar-refractivity contribution in [3.63, 3.8) is 0 Å². The molecule has 0 saturated heterocycles. The molecule has 3 nitrogen and oxygen atoms in total. The van der Waals surface area contributed by atoms with Crippen LogP contribution in [0, 0.1) is 0 Å². The molecule has 0 amide bonds. The molecule has 0 aliphatic heterocycles. The summed E-state index contributed by atoms with van der Waals surface area (Å²) >= 11 is 0. The molecule has 3 heteroatoms. The molecule has 0 atom stereocenters. The molecule has 0 spiro atoms. The summed E-state index contributed by atoms with van der Waals surface area (Å²) in [6.07, 6.45) is 0.811. The highest BCUT2D eigenvalue weighted by Gasteiger charge is 2.13. The Morgan fingerprint density at radius 1 is 1.55 bits per heavy atom. The molecule has 1 rings (SSSR count). The van der Waals surface area contributed by atoms with E-state index in [0.717, 1.165) is 23.6 Å². The number of hydrogen-bond donors (Lipinski definition) is 1. The predicted octanol–water partition coefficient (Wildman–Crippen LogP) is 1.94. The fourth-order valence-electron chi connectivity index (χ4n) is 1.02. The van der Waals surface area contributed by atoms with Gasteiger partial charge in [0.25, 0.3) is 0 Å². The van der Waals surface area contributed by atoms with Crippen LogP contribution in [0.25, 0.3) is 0 Å². The number of anilines is 1. The molecule has 1 heterocycles. The second-order valence-electron chi connectivity index (χ2n) is 2.91. The summed E-state index contributed by atoms with van der Waals surface area (Å²) in [6, 6.07) is 0. The Hall–Kier alpha value is -0.990. The Morgan fingerprint density at radius 2 is 2.18 bits per heavy atom. The molecule has 0 bridgehead atoms. The SMILES string of the molecule is CCc1onc(C(C)C)c1N. The summed E-state index contributed by atoms with van der Waals surface area (Å²) in [5.74, 6) is 1.15. The number of nitrogen functional groups attached to an aromatic ring is 1. The van der Waals surface area contributed by atoms with E-state index in [9.17, 15) is 0 Å². The van der Waals surface area contributed by atoms with Crippen LogP contribution in [-0.4, -0.2) is 5.16 Å². The van der Waals surface area contributed by atoms with E-state index in [1.165, 1.54) is 0 Å². The molecule has 0 aliphatic rings. The molecule has 0 fully saturated rings. The van der Waals surface area contributed by atoms with Gasteiger partial charge < -0.3 is 10.3 Å². The van der Waals surface area contributed by atoms with Gasteiger partial charge in [0.2, 0.25) is 0 Å². The highest BCUT2D eigenvalue weighted by Crippen LogP contribution is 2.23. The smallest absolute Gasteiger partial charge is 0.159 e. The van der Waals surface area contributed by atoms with Gasteiger partial charge in [-0.3, -0.25) is 0 Å². The zero-order valence-corrected chi connectivity index (χ0v) is 7.22. The second-order valence-corrected chi connectivity index (χ2v) is 2.91. The molecule has 0 aliphatic carbocycles. The summed E-state index contributed by atoms with van der Waals surface area (Å²) in [5.41, 5.74) is 7.36. The Balaban J connectivity index is 3.00. The van der Waals surface area contributed by atoms with Crippen molar-refractivity contribution in [1.82, 2.24) is 5.16 Å². The predicted molar refractivity (Wildman–Crippen MR) is 44.4 cm³/mol. The van der Waals surface area contributed by atoms with E-state index in [-0.39, 0.29) is 0 Å². The van der Waals surface area contributed by atoms with Gasteiger partial charge in [0.15, 0.2) is 5.76 Å². The zero-order chi connectivity index (χ0) is 8.43. The summed E-state index contributed by atoms with van der Waals surface area (Å²) < 4.78 is 5.03. The largest absolute Gasteiger partial charge is 0.394 e. The van der Waals surface area contributed by atoms with Gasteiger partial charge in [-0.05, 0) is 0 Å². The highest BCUT2D eigenvalue weighted by atomic mass is 16.5. The molecule has 1 aromatic rings. The van der Waals surface area contributed by atoms with Crippen molar-refractivity contribution in [3.05, 3.63) is 11.5 Å². The van der Waals surface area contributed by atoms with Gasteiger partial charge in [-0.1, -0.05) is 25.9 Å². The monoisotopic (exact) mass is 154 g/mol. The lowest BCUT2D eigenvalue weighted by Gasteiger charge is -1.98. The molecule has 2 N–H and O–H groups in total. The summed E-state index contributed by atoms with van der Waals surface area (Å²) in [4.78, 5) is 0. The standard InChI is InChI=1S/C8H14N2O/c1-4-6-7(9)8(5(2)3)10-11-6/h5H,4,9H2,1-3H3. The van der Waals surface area contributed by atoms with E-state index in [0.29, 0.717) is 5.92 Å². The molecule has 0 unspecified atom stereocenters. The Morgan fingerprint density at radius 3 is 2.45 bits per heavy atom. The van der Waals surface area contributed by atoms with E-state index in [2.05, 4.69) is 5.16 Å². The van der Waals surface area contributed by atoms with Crippen LogP contribution in [0.4, 0.5) is 5.69 Å². The van der Waals surface area contributed by atoms with Crippen LogP contribution in [0.2, 0.25) is 0 Å². The quantitative estimate of drug-likeness (QED) is 0.708. The molecular formula is C8H14N2O. The first-order valence-electron chi connectivity index (χ1n) is 3.90.